The van der Waals surface area contributed by atoms with Crippen molar-refractivity contribution in [2.45, 2.75) is 18.5 Å². The first kappa shape index (κ1) is 57.6. The Balaban J connectivity index is 0.000000822. The average Bonchev–Trinajstić information content (AvgIpc) is 3.18. The van der Waals surface area contributed by atoms with Crippen LogP contribution in [0.25, 0.3) is 22.5 Å². The predicted octanol–water partition coefficient (Wildman–Crippen LogP) is 1.86. The minimum Gasteiger partial charge on any atom is -0.870 e. The quantitative estimate of drug-likeness (QED) is 0.127. The number of nitrogens with zero attached hydrogens (tertiary/aromatic N) is 8. The van der Waals surface area contributed by atoms with Gasteiger partial charge in [0.25, 0.3) is 0 Å². The van der Waals surface area contributed by atoms with Gasteiger partial charge in [-0.2, -0.15) is 57.8 Å². The van der Waals surface area contributed by atoms with E-state index in [0.717, 1.165) is 19.4 Å². The van der Waals surface area contributed by atoms with Crippen LogP contribution in [0.1, 0.15) is 17.1 Å². The van der Waals surface area contributed by atoms with Crippen LogP contribution in [-0.4, -0.2) is 87.9 Å². The van der Waals surface area contributed by atoms with E-state index < -0.39 is 71.7 Å². The molecule has 0 saturated heterocycles. The first-order valence-electron chi connectivity index (χ1n) is 15.5. The van der Waals surface area contributed by atoms with E-state index in [1.165, 1.54) is 55.9 Å². The second-order valence-electron chi connectivity index (χ2n) is 10.7. The van der Waals surface area contributed by atoms with E-state index in [4.69, 9.17) is 14.8 Å². The molecule has 16 nitrogen and oxygen atoms in total. The number of aromatic nitrogens is 9. The zero-order valence-corrected chi connectivity index (χ0v) is 35.1. The fourth-order valence-electron chi connectivity index (χ4n) is 3.95. The number of aromatic amines is 1. The average molecular weight is 988 g/mol. The van der Waals surface area contributed by atoms with Gasteiger partial charge in [-0.25, -0.2) is 15.0 Å². The van der Waals surface area contributed by atoms with Gasteiger partial charge in [0.2, 0.25) is 23.3 Å². The normalized spacial score (nSPS) is 10.6. The van der Waals surface area contributed by atoms with Gasteiger partial charge in [0, 0.05) is 42.3 Å². The van der Waals surface area contributed by atoms with E-state index in [0.29, 0.717) is 12.1 Å². The van der Waals surface area contributed by atoms with Crippen molar-refractivity contribution in [2.24, 2.45) is 0 Å². The number of nitrogens with one attached hydrogen (secondary N) is 1. The summed E-state index contributed by atoms with van der Waals surface area (Å²) in [7, 11) is 0.630. The number of alkyl halides is 9. The molecule has 0 spiro atoms. The molecule has 31 heteroatoms. The number of H-pyrrole nitrogens is 1. The van der Waals surface area contributed by atoms with Gasteiger partial charge in [-0.1, -0.05) is 6.07 Å². The number of methoxy groups -OCH3 is 2. The molecule has 6 aromatic heterocycles. The Hall–Kier alpha value is -5.37. The molecule has 0 bridgehead atoms. The van der Waals surface area contributed by atoms with Gasteiger partial charge in [0.1, 0.15) is 22.8 Å². The molecule has 0 radical (unpaired) electrons. The molecule has 0 unspecified atom stereocenters. The Morgan fingerprint density at radius 1 is 0.651 bits per heavy atom. The molecular formula is C32H24BBrF12N9NaO7. The molecule has 0 aliphatic carbocycles. The van der Waals surface area contributed by atoms with Crippen molar-refractivity contribution in [3.8, 4) is 34.0 Å². The molecule has 6 N–H and O–H groups in total. The predicted molar refractivity (Wildman–Crippen MR) is 191 cm³/mol. The molecule has 0 aromatic carbocycles. The third kappa shape index (κ3) is 16.7. The third-order valence-electron chi connectivity index (χ3n) is 6.69. The SMILES string of the molecule is COc1cc(C(F)(F)F)nnc1-c1cccnc1F.COc1cc(C(F)(F)F)nnc1Br.O.O=c1cc(C(F)(F)F)[nH]nc1-c1cccnc1F.OB(O)c1cccnc1F.[Na+].[OH-]. The molecule has 6 heterocycles. The van der Waals surface area contributed by atoms with E-state index >= 15 is 0 Å². The fraction of sp³-hybridized carbons (Fsp3) is 0.156. The molecule has 0 fully saturated rings. The van der Waals surface area contributed by atoms with Gasteiger partial charge < -0.3 is 30.5 Å². The van der Waals surface area contributed by atoms with Gasteiger partial charge in [0.15, 0.2) is 21.7 Å². The standard InChI is InChI=1S/C11H7F4N3O.C10H5F4N3O.C6H4BrF3N2O.C5H5BFNO2.Na.2H2O/c1-19-7-5-8(11(13,14)15)17-18-9(7)6-3-2-4-16-10(6)12;11-9-5(2-1-3-15-9)8-6(18)4-7(16-17-8)10(12,13)14;1-13-3-2-4(6(8,9)10)11-12-5(3)7;7-5-4(6(9)10)2-1-3-8-5;;;/h2-5H,1H3;1-4H,(H,16,18);2H,1H3;1-3,9-10H;;2*1H2/q;;;;+1;;/p-1. The Morgan fingerprint density at radius 3 is 1.49 bits per heavy atom. The Morgan fingerprint density at radius 2 is 1.10 bits per heavy atom. The summed E-state index contributed by atoms with van der Waals surface area (Å²) in [6, 6.07) is 9.75. The molecule has 6 aromatic rings. The van der Waals surface area contributed by atoms with E-state index in [1.54, 1.807) is 5.10 Å². The van der Waals surface area contributed by atoms with Gasteiger partial charge in [-0.05, 0) is 46.3 Å². The molecule has 0 saturated carbocycles. The van der Waals surface area contributed by atoms with Crippen molar-refractivity contribution in [3.63, 3.8) is 0 Å². The van der Waals surface area contributed by atoms with Crippen molar-refractivity contribution < 1.29 is 113 Å². The van der Waals surface area contributed by atoms with E-state index in [2.05, 4.69) is 61.1 Å². The number of hydrogen-bond donors (Lipinski definition) is 3. The number of rotatable bonds is 5. The molecule has 6 rings (SSSR count). The van der Waals surface area contributed by atoms with Crippen LogP contribution in [0, 0.1) is 17.8 Å². The van der Waals surface area contributed by atoms with Crippen LogP contribution in [0.3, 0.4) is 0 Å². The van der Waals surface area contributed by atoms with E-state index in [9.17, 15) is 57.5 Å². The number of ether oxygens (including phenoxy) is 2. The summed E-state index contributed by atoms with van der Waals surface area (Å²) in [6.45, 7) is 0. The second-order valence-corrected chi connectivity index (χ2v) is 11.4. The molecular weight excluding hydrogens is 964 g/mol. The molecule has 63 heavy (non-hydrogen) atoms. The first-order valence-corrected chi connectivity index (χ1v) is 16.3. The van der Waals surface area contributed by atoms with Gasteiger partial charge >= 0.3 is 55.2 Å². The van der Waals surface area contributed by atoms with Crippen molar-refractivity contribution >= 4 is 28.5 Å². The fourth-order valence-corrected chi connectivity index (χ4v) is 4.31. The number of halogens is 13. The molecule has 0 aliphatic rings. The maximum absolute atomic E-state index is 13.5. The zero-order chi connectivity index (χ0) is 45.0. The molecule has 334 valence electrons. The van der Waals surface area contributed by atoms with Crippen LogP contribution in [-0.2, 0) is 18.5 Å². The van der Waals surface area contributed by atoms with Crippen LogP contribution in [0.5, 0.6) is 11.5 Å². The Kier molecular flexibility index (Phi) is 22.9. The smallest absolute Gasteiger partial charge is 0.870 e. The first-order chi connectivity index (χ1) is 28.0. The molecule has 0 amide bonds. The third-order valence-corrected chi connectivity index (χ3v) is 7.24. The van der Waals surface area contributed by atoms with E-state index in [-0.39, 0.29) is 78.9 Å². The monoisotopic (exact) mass is 987 g/mol. The Bertz CT molecular complexity index is 2440. The van der Waals surface area contributed by atoms with Crippen molar-refractivity contribution in [2.75, 3.05) is 14.2 Å². The van der Waals surface area contributed by atoms with Crippen molar-refractivity contribution in [1.82, 2.24) is 45.5 Å². The largest absolute Gasteiger partial charge is 1.00 e. The summed E-state index contributed by atoms with van der Waals surface area (Å²) in [4.78, 5) is 21.4. The topological polar surface area (TPSA) is 256 Å². The molecule has 0 aliphatic heterocycles. The summed E-state index contributed by atoms with van der Waals surface area (Å²) < 4.78 is 159. The van der Waals surface area contributed by atoms with Crippen LogP contribution in [0.15, 0.2) is 82.6 Å². The van der Waals surface area contributed by atoms with Crippen LogP contribution in [0.2, 0.25) is 0 Å². The second kappa shape index (κ2) is 25.1. The summed E-state index contributed by atoms with van der Waals surface area (Å²) in [5.41, 5.74) is -5.75. The zero-order valence-electron chi connectivity index (χ0n) is 31.6. The molecule has 0 atom stereocenters. The van der Waals surface area contributed by atoms with E-state index in [1.807, 2.05) is 0 Å². The van der Waals surface area contributed by atoms with Crippen LogP contribution < -0.4 is 49.9 Å². The summed E-state index contributed by atoms with van der Waals surface area (Å²) in [5, 5.41) is 34.5. The summed E-state index contributed by atoms with van der Waals surface area (Å²) in [6.07, 6.45) is -10.3. The minimum absolute atomic E-state index is 0. The van der Waals surface area contributed by atoms with Crippen molar-refractivity contribution in [1.29, 1.82) is 0 Å². The maximum Gasteiger partial charge on any atom is 1.00 e. The Labute approximate surface area is 375 Å². The van der Waals surface area contributed by atoms with Gasteiger partial charge in [-0.3, -0.25) is 9.89 Å². The van der Waals surface area contributed by atoms with Gasteiger partial charge in [-0.15, -0.1) is 20.4 Å². The number of pyridine rings is 3. The maximum atomic E-state index is 13.5. The number of hydrogen-bond acceptors (Lipinski definition) is 14. The summed E-state index contributed by atoms with van der Waals surface area (Å²) in [5.74, 6) is -2.92. The van der Waals surface area contributed by atoms with Crippen molar-refractivity contribution in [3.05, 3.63) is 123 Å². The van der Waals surface area contributed by atoms with Crippen LogP contribution in [0.4, 0.5) is 52.7 Å². The summed E-state index contributed by atoms with van der Waals surface area (Å²) >= 11 is 2.89. The van der Waals surface area contributed by atoms with Gasteiger partial charge in [0.05, 0.1) is 25.3 Å². The minimum atomic E-state index is -4.71. The van der Waals surface area contributed by atoms with Crippen LogP contribution >= 0.6 is 15.9 Å².